The lowest BCUT2D eigenvalue weighted by molar-refractivity contribution is 0.911. The highest BCUT2D eigenvalue weighted by atomic mass is 79.9. The Kier molecular flexibility index (Phi) is 3.42. The summed E-state index contributed by atoms with van der Waals surface area (Å²) in [5.74, 6) is 0. The van der Waals surface area contributed by atoms with Gasteiger partial charge in [-0.15, -0.1) is 11.3 Å². The largest absolute Gasteiger partial charge is 0.136 e. The van der Waals surface area contributed by atoms with Crippen molar-refractivity contribution in [2.45, 2.75) is 24.1 Å². The maximum Gasteiger partial charge on any atom is 0.0701 e. The molecule has 1 aromatic heterocycles. The van der Waals surface area contributed by atoms with Crippen molar-refractivity contribution >= 4 is 43.2 Å². The molecule has 0 radical (unpaired) electrons. The standard InChI is InChI=1S/C14H12Br2S/c15-13-7-12(8-17-13)14(16)11-5-4-9-2-1-3-10(9)6-11/h4-8,14H,1-3H2. The quantitative estimate of drug-likeness (QED) is 0.613. The van der Waals surface area contributed by atoms with E-state index in [9.17, 15) is 0 Å². The molecule has 1 atom stereocenters. The topological polar surface area (TPSA) is 0 Å². The zero-order valence-electron chi connectivity index (χ0n) is 9.25. The summed E-state index contributed by atoms with van der Waals surface area (Å²) in [6.07, 6.45) is 3.82. The Bertz CT molecular complexity index is 545. The van der Waals surface area contributed by atoms with Crippen LogP contribution in [0.1, 0.15) is 33.5 Å². The first-order valence-electron chi connectivity index (χ1n) is 5.74. The fraction of sp³-hybridized carbons (Fsp3) is 0.286. The van der Waals surface area contributed by atoms with Crippen LogP contribution in [0.3, 0.4) is 0 Å². The van der Waals surface area contributed by atoms with E-state index >= 15 is 0 Å². The number of alkyl halides is 1. The zero-order valence-corrected chi connectivity index (χ0v) is 13.2. The highest BCUT2D eigenvalue weighted by molar-refractivity contribution is 9.11. The maximum absolute atomic E-state index is 3.80. The van der Waals surface area contributed by atoms with Gasteiger partial charge in [-0.1, -0.05) is 34.1 Å². The van der Waals surface area contributed by atoms with Gasteiger partial charge in [-0.3, -0.25) is 0 Å². The molecule has 0 fully saturated rings. The van der Waals surface area contributed by atoms with Crippen LogP contribution in [0.2, 0.25) is 0 Å². The van der Waals surface area contributed by atoms with Crippen LogP contribution >= 0.6 is 43.2 Å². The number of benzene rings is 1. The SMILES string of the molecule is Brc1cc(C(Br)c2ccc3c(c2)CCC3)cs1. The van der Waals surface area contributed by atoms with E-state index in [1.165, 1.54) is 34.2 Å². The summed E-state index contributed by atoms with van der Waals surface area (Å²) in [5, 5.41) is 2.21. The predicted octanol–water partition coefficient (Wildman–Crippen LogP) is 5.48. The van der Waals surface area contributed by atoms with Crippen molar-refractivity contribution in [2.75, 3.05) is 0 Å². The Morgan fingerprint density at radius 1 is 1.06 bits per heavy atom. The third-order valence-electron chi connectivity index (χ3n) is 3.30. The van der Waals surface area contributed by atoms with Crippen molar-refractivity contribution in [1.29, 1.82) is 0 Å². The highest BCUT2D eigenvalue weighted by Gasteiger charge is 2.16. The van der Waals surface area contributed by atoms with E-state index in [0.717, 1.165) is 0 Å². The number of rotatable bonds is 2. The van der Waals surface area contributed by atoms with Crippen molar-refractivity contribution in [1.82, 2.24) is 0 Å². The van der Waals surface area contributed by atoms with E-state index in [4.69, 9.17) is 0 Å². The molecule has 0 N–H and O–H groups in total. The Morgan fingerprint density at radius 2 is 1.88 bits per heavy atom. The van der Waals surface area contributed by atoms with Crippen molar-refractivity contribution in [3.63, 3.8) is 0 Å². The average molecular weight is 372 g/mol. The molecule has 17 heavy (non-hydrogen) atoms. The summed E-state index contributed by atoms with van der Waals surface area (Å²) in [6.45, 7) is 0. The molecule has 0 saturated carbocycles. The minimum absolute atomic E-state index is 0.316. The van der Waals surface area contributed by atoms with Crippen LogP contribution in [0.4, 0.5) is 0 Å². The van der Waals surface area contributed by atoms with Gasteiger partial charge in [-0.25, -0.2) is 0 Å². The number of aryl methyl sites for hydroxylation is 2. The van der Waals surface area contributed by atoms with E-state index in [2.05, 4.69) is 61.5 Å². The molecule has 3 rings (SSSR count). The third-order valence-corrected chi connectivity index (χ3v) is 5.88. The third kappa shape index (κ3) is 2.38. The van der Waals surface area contributed by atoms with Crippen LogP contribution < -0.4 is 0 Å². The number of halogens is 2. The fourth-order valence-electron chi connectivity index (χ4n) is 2.40. The summed E-state index contributed by atoms with van der Waals surface area (Å²) in [6, 6.07) is 9.12. The van der Waals surface area contributed by atoms with Gasteiger partial charge < -0.3 is 0 Å². The van der Waals surface area contributed by atoms with Gasteiger partial charge in [0.2, 0.25) is 0 Å². The Hall–Kier alpha value is -0.120. The minimum Gasteiger partial charge on any atom is -0.136 e. The molecule has 0 aliphatic heterocycles. The number of hydrogen-bond donors (Lipinski definition) is 0. The highest BCUT2D eigenvalue weighted by Crippen LogP contribution is 2.36. The van der Waals surface area contributed by atoms with Gasteiger partial charge in [0.25, 0.3) is 0 Å². The number of fused-ring (bicyclic) bond motifs is 1. The van der Waals surface area contributed by atoms with Crippen LogP contribution in [-0.4, -0.2) is 0 Å². The summed E-state index contributed by atoms with van der Waals surface area (Å²) in [5.41, 5.74) is 5.79. The van der Waals surface area contributed by atoms with E-state index in [-0.39, 0.29) is 0 Å². The van der Waals surface area contributed by atoms with Crippen LogP contribution in [0.5, 0.6) is 0 Å². The average Bonchev–Trinajstić information content (AvgIpc) is 2.95. The van der Waals surface area contributed by atoms with Crippen molar-refractivity contribution in [3.8, 4) is 0 Å². The van der Waals surface area contributed by atoms with Crippen molar-refractivity contribution in [2.24, 2.45) is 0 Å². The van der Waals surface area contributed by atoms with Gasteiger partial charge in [0.15, 0.2) is 0 Å². The van der Waals surface area contributed by atoms with Crippen molar-refractivity contribution in [3.05, 3.63) is 55.7 Å². The minimum atomic E-state index is 0.316. The first kappa shape index (κ1) is 11.9. The maximum atomic E-state index is 3.80. The van der Waals surface area contributed by atoms with Gasteiger partial charge in [0, 0.05) is 0 Å². The molecule has 0 saturated heterocycles. The van der Waals surface area contributed by atoms with Crippen LogP contribution in [0.15, 0.2) is 33.4 Å². The van der Waals surface area contributed by atoms with Gasteiger partial charge in [-0.2, -0.15) is 0 Å². The van der Waals surface area contributed by atoms with E-state index in [1.54, 1.807) is 22.5 Å². The molecule has 88 valence electrons. The van der Waals surface area contributed by atoms with Gasteiger partial charge >= 0.3 is 0 Å². The molecule has 1 unspecified atom stereocenters. The molecule has 0 spiro atoms. The van der Waals surface area contributed by atoms with Crippen LogP contribution in [0, 0.1) is 0 Å². The zero-order chi connectivity index (χ0) is 11.8. The Morgan fingerprint density at radius 3 is 2.65 bits per heavy atom. The fourth-order valence-corrected chi connectivity index (χ4v) is 4.32. The molecule has 0 amide bonds. The molecule has 2 aromatic rings. The summed E-state index contributed by atoms with van der Waals surface area (Å²) in [7, 11) is 0. The second kappa shape index (κ2) is 4.87. The Balaban J connectivity index is 1.94. The molecule has 1 heterocycles. The molecule has 0 bridgehead atoms. The molecule has 0 nitrogen and oxygen atoms in total. The van der Waals surface area contributed by atoms with E-state index in [0.29, 0.717) is 4.83 Å². The van der Waals surface area contributed by atoms with E-state index in [1.807, 2.05) is 0 Å². The predicted molar refractivity (Wildman–Crippen MR) is 81.3 cm³/mol. The summed E-state index contributed by atoms with van der Waals surface area (Å²) < 4.78 is 1.19. The van der Waals surface area contributed by atoms with Crippen LogP contribution in [-0.2, 0) is 12.8 Å². The molecule has 1 aliphatic rings. The van der Waals surface area contributed by atoms with Gasteiger partial charge in [0.1, 0.15) is 0 Å². The lowest BCUT2D eigenvalue weighted by atomic mass is 10.0. The smallest absolute Gasteiger partial charge is 0.0701 e. The molecule has 1 aliphatic carbocycles. The first-order valence-corrected chi connectivity index (χ1v) is 8.32. The van der Waals surface area contributed by atoms with E-state index < -0.39 is 0 Å². The number of thiophene rings is 1. The molecular weight excluding hydrogens is 360 g/mol. The number of hydrogen-bond acceptors (Lipinski definition) is 1. The summed E-state index contributed by atoms with van der Waals surface area (Å²) >= 11 is 9.06. The lowest BCUT2D eigenvalue weighted by Gasteiger charge is -2.10. The first-order chi connectivity index (χ1) is 8.24. The molecule has 3 heteroatoms. The van der Waals surface area contributed by atoms with Crippen LogP contribution in [0.25, 0.3) is 0 Å². The summed E-state index contributed by atoms with van der Waals surface area (Å²) in [4.78, 5) is 0.316. The Labute approximate surface area is 122 Å². The van der Waals surface area contributed by atoms with Gasteiger partial charge in [-0.05, 0) is 68.9 Å². The second-order valence-electron chi connectivity index (χ2n) is 4.43. The van der Waals surface area contributed by atoms with Gasteiger partial charge in [0.05, 0.1) is 8.61 Å². The monoisotopic (exact) mass is 370 g/mol. The normalized spacial score (nSPS) is 15.9. The second-order valence-corrected chi connectivity index (χ2v) is 7.63. The molecule has 1 aromatic carbocycles. The lowest BCUT2D eigenvalue weighted by Crippen LogP contribution is -1.93. The van der Waals surface area contributed by atoms with Crippen molar-refractivity contribution < 1.29 is 0 Å². The molecular formula is C14H12Br2S.